The summed E-state index contributed by atoms with van der Waals surface area (Å²) in [4.78, 5) is 62.8. The number of aryl methyl sites for hydroxylation is 6. The second-order valence-corrected chi connectivity index (χ2v) is 36.9. The highest BCUT2D eigenvalue weighted by Gasteiger charge is 2.46. The minimum Gasteiger partial charge on any atom is -0.480 e. The van der Waals surface area contributed by atoms with E-state index >= 15 is 0 Å². The van der Waals surface area contributed by atoms with Crippen LogP contribution in [0.4, 0.5) is 5.82 Å². The summed E-state index contributed by atoms with van der Waals surface area (Å²) in [5, 5.41) is 11.5. The molecule has 12 aliphatic rings. The molecule has 26 heteroatoms. The lowest BCUT2D eigenvalue weighted by molar-refractivity contribution is 0.236. The van der Waals surface area contributed by atoms with E-state index in [-0.39, 0.29) is 55.5 Å². The van der Waals surface area contributed by atoms with Gasteiger partial charge in [-0.15, -0.1) is 0 Å². The predicted molar refractivity (Wildman–Crippen MR) is 529 cm³/mol. The van der Waals surface area contributed by atoms with E-state index in [9.17, 15) is 0 Å². The summed E-state index contributed by atoms with van der Waals surface area (Å²) < 4.78 is 46.3. The molecule has 0 bridgehead atoms. The van der Waals surface area contributed by atoms with E-state index < -0.39 is 0 Å². The third-order valence-electron chi connectivity index (χ3n) is 27.9. The molecule has 6 aromatic heterocycles. The molecule has 0 fully saturated rings. The zero-order chi connectivity index (χ0) is 90.1. The summed E-state index contributed by atoms with van der Waals surface area (Å²) in [6.45, 7) is 19.9. The van der Waals surface area contributed by atoms with Crippen LogP contribution in [0.1, 0.15) is 181 Å². The quantitative estimate of drug-likeness (QED) is 0.148. The monoisotopic (exact) mass is 1800 g/mol. The van der Waals surface area contributed by atoms with Crippen LogP contribution in [-0.4, -0.2) is 177 Å². The summed E-state index contributed by atoms with van der Waals surface area (Å²) in [5.74, 6) is 7.19. The summed E-state index contributed by atoms with van der Waals surface area (Å²) in [6, 6.07) is 41.2. The van der Waals surface area contributed by atoms with Crippen molar-refractivity contribution >= 4 is 41.2 Å². The zero-order valence-corrected chi connectivity index (χ0v) is 76.7. The SMILES string of the molecule is C.C.C.CC1=NC2(CCc3c(cccc3-c3c(C)noc3C)C2)CO1.CC1=NC2(CCc3c(cccc3-c3ccnn3C)C2)CO1.CC1=NC2(CCc3c(cccc3-c3cncnc3)C2)CO1.CC1=NC2(CCc3cccc(-c4cnccn4)c3C2)CO1.CNc1ncncc1-c1ccc2c(c1)CC1(CC2)COC(C)=N1.COc1cncc(-c2cccc3c2CC2(CC3)COC(C)=N2)n1. The van der Waals surface area contributed by atoms with Gasteiger partial charge in [0, 0.05) is 165 Å². The highest BCUT2D eigenvalue weighted by atomic mass is 16.5. The molecule has 6 unspecified atom stereocenters. The molecule has 0 radical (unpaired) electrons. The van der Waals surface area contributed by atoms with Gasteiger partial charge in [-0.1, -0.05) is 137 Å². The highest BCUT2D eigenvalue weighted by Crippen LogP contribution is 2.47. The fourth-order valence-corrected chi connectivity index (χ4v) is 21.5. The van der Waals surface area contributed by atoms with Crippen LogP contribution in [0.3, 0.4) is 0 Å². The predicted octanol–water partition coefficient (Wildman–Crippen LogP) is 19.6. The maximum Gasteiger partial charge on any atom is 0.232 e. The van der Waals surface area contributed by atoms with Gasteiger partial charge < -0.3 is 43.0 Å². The molecule has 0 amide bonds. The van der Waals surface area contributed by atoms with Gasteiger partial charge in [-0.3, -0.25) is 19.6 Å². The lowest BCUT2D eigenvalue weighted by Gasteiger charge is -2.31. The van der Waals surface area contributed by atoms with Gasteiger partial charge in [-0.25, -0.2) is 54.9 Å². The Morgan fingerprint density at radius 2 is 0.806 bits per heavy atom. The Balaban J connectivity index is 0.000000116. The van der Waals surface area contributed by atoms with Crippen molar-refractivity contribution in [3.8, 4) is 73.0 Å². The van der Waals surface area contributed by atoms with Gasteiger partial charge in [-0.05, 0) is 180 Å². The highest BCUT2D eigenvalue weighted by molar-refractivity contribution is 5.82. The Morgan fingerprint density at radius 1 is 0.366 bits per heavy atom. The number of methoxy groups -OCH3 is 1. The molecule has 6 atom stereocenters. The lowest BCUT2D eigenvalue weighted by atomic mass is 9.76. The smallest absolute Gasteiger partial charge is 0.232 e. The van der Waals surface area contributed by atoms with Crippen molar-refractivity contribution in [2.24, 2.45) is 37.0 Å². The van der Waals surface area contributed by atoms with Gasteiger partial charge >= 0.3 is 0 Å². The van der Waals surface area contributed by atoms with Crippen molar-refractivity contribution < 1.29 is 37.7 Å². The Hall–Kier alpha value is -13.5. The molecule has 6 aliphatic carbocycles. The van der Waals surface area contributed by atoms with Crippen molar-refractivity contribution in [1.29, 1.82) is 0 Å². The topological polar surface area (TPSA) is 298 Å². The van der Waals surface area contributed by atoms with Crippen LogP contribution >= 0.6 is 0 Å². The van der Waals surface area contributed by atoms with Crippen LogP contribution in [0.15, 0.2) is 218 Å². The molecule has 24 rings (SSSR count). The minimum atomic E-state index is -0.112. The normalized spacial score (nSPS) is 22.6. The molecule has 6 spiro atoms. The second kappa shape index (κ2) is 39.3. The van der Waals surface area contributed by atoms with Crippen molar-refractivity contribution in [3.05, 3.63) is 262 Å². The average Bonchev–Trinajstić information content (AvgIpc) is 1.33. The third kappa shape index (κ3) is 19.5. The Labute approximate surface area is 786 Å². The Kier molecular flexibility index (Phi) is 27.5. The summed E-state index contributed by atoms with van der Waals surface area (Å²) in [6.07, 6.45) is 37.5. The number of anilines is 1. The Morgan fingerprint density at radius 3 is 1.27 bits per heavy atom. The molecular weight excluding hydrogens is 1680 g/mol. The fraction of sp³-hybridized carbons (Fsp3) is 0.407. The number of nitrogens with one attached hydrogen (secondary N) is 1. The number of fused-ring (bicyclic) bond motifs is 6. The number of aliphatic imine (C=N–C) groups is 6. The van der Waals surface area contributed by atoms with Gasteiger partial charge in [0.05, 0.1) is 48.5 Å². The average molecular weight is 1800 g/mol. The van der Waals surface area contributed by atoms with E-state index in [0.29, 0.717) is 32.3 Å². The van der Waals surface area contributed by atoms with Crippen LogP contribution in [0.2, 0.25) is 0 Å². The minimum absolute atomic E-state index is 0. The first-order valence-corrected chi connectivity index (χ1v) is 45.7. The van der Waals surface area contributed by atoms with Crippen LogP contribution in [0, 0.1) is 13.8 Å². The van der Waals surface area contributed by atoms with E-state index in [0.717, 1.165) is 221 Å². The molecule has 26 nitrogen and oxygen atoms in total. The maximum atomic E-state index is 5.65. The maximum absolute atomic E-state index is 5.65. The molecule has 0 saturated carbocycles. The van der Waals surface area contributed by atoms with Gasteiger partial charge in [0.1, 0.15) is 97.1 Å². The van der Waals surface area contributed by atoms with Crippen molar-refractivity contribution in [2.45, 2.75) is 226 Å². The summed E-state index contributed by atoms with van der Waals surface area (Å²) >= 11 is 0. The molecule has 694 valence electrons. The Bertz CT molecular complexity index is 6480. The van der Waals surface area contributed by atoms with Gasteiger partial charge in [0.15, 0.2) is 35.4 Å². The molecule has 134 heavy (non-hydrogen) atoms. The molecule has 0 saturated heterocycles. The van der Waals surface area contributed by atoms with Crippen LogP contribution in [0.25, 0.3) is 67.2 Å². The molecule has 1 N–H and O–H groups in total. The molecule has 12 aromatic rings. The van der Waals surface area contributed by atoms with Gasteiger partial charge in [0.2, 0.25) is 5.88 Å². The second-order valence-electron chi connectivity index (χ2n) is 36.9. The van der Waals surface area contributed by atoms with Crippen molar-refractivity contribution in [2.75, 3.05) is 59.1 Å². The number of hydrogen-bond acceptors (Lipinski definition) is 25. The van der Waals surface area contributed by atoms with E-state index in [1.807, 2.05) is 105 Å². The van der Waals surface area contributed by atoms with E-state index in [2.05, 4.69) is 171 Å². The lowest BCUT2D eigenvalue weighted by Crippen LogP contribution is -2.35. The van der Waals surface area contributed by atoms with E-state index in [4.69, 9.17) is 67.6 Å². The van der Waals surface area contributed by atoms with Gasteiger partial charge in [0.25, 0.3) is 0 Å². The number of ether oxygens (including phenoxy) is 7. The number of aromatic nitrogens is 11. The summed E-state index contributed by atoms with van der Waals surface area (Å²) in [5.41, 5.74) is 30.8. The van der Waals surface area contributed by atoms with E-state index in [1.54, 1.807) is 44.6 Å². The first-order chi connectivity index (χ1) is 63.6. The van der Waals surface area contributed by atoms with E-state index in [1.165, 1.54) is 94.7 Å². The largest absolute Gasteiger partial charge is 0.480 e. The summed E-state index contributed by atoms with van der Waals surface area (Å²) in [7, 11) is 5.49. The molecular formula is C108H124N18O8. The first kappa shape index (κ1) is 93.7. The number of rotatable bonds is 8. The molecule has 6 aliphatic heterocycles. The van der Waals surface area contributed by atoms with Crippen LogP contribution < -0.4 is 10.1 Å². The fourth-order valence-electron chi connectivity index (χ4n) is 21.5. The number of nitrogens with zero attached hydrogens (tertiary/aromatic N) is 17. The number of benzene rings is 6. The van der Waals surface area contributed by atoms with Crippen LogP contribution in [-0.2, 0) is 113 Å². The number of hydrogen-bond donors (Lipinski definition) is 1. The zero-order valence-electron chi connectivity index (χ0n) is 76.7. The molecule has 12 heterocycles. The third-order valence-corrected chi connectivity index (χ3v) is 27.9. The standard InChI is InChI=1S/C18H20N4O.C18H19N3O2.C18H20N2O2.C17H19N3O.2C17H17N3O.3CH4/c1-12-22-18(10-23-12)6-5-13-3-4-14(7-15(13)8-18)16-9-20-11-21-17(16)19-2;1-12-21-18(11-23-12)7-6-13-4-3-5-14(15(13)8-18)16-9-19-10-17(20-16)22-2;1-11-17(12(2)22-20-11)16-6-4-5-14-9-18(8-7-15(14)16)10-21-13(3)19-18;1-12-19-17(11-21-12)8-6-14-13(10-17)4-3-5-15(14)16-7-9-18-20(16)2;1-12-20-17(10-21-12)6-5-16-13(7-17)3-2-4-15(16)14-8-18-11-19-9-14;1-12-20-17(11-21-12)6-5-13-3-2-4-14(15(13)9-17)16-10-18-7-8-19-16;;;/h3-4,7,9,11H,5-6,8,10H2,1-2H3,(H,19,20,21);3-5,9-10H,6-8,11H2,1-2H3;4-6H,7-10H2,1-3H3;3-5,7,9H,6,8,10-11H2,1-2H3;2-4,8-9,11H,5-7,10H2,1H3;2-4,7-8,10H,5-6,9,11H2,1H3;3*1H4. The van der Waals surface area contributed by atoms with Crippen molar-refractivity contribution in [1.82, 2.24) is 54.8 Å². The van der Waals surface area contributed by atoms with Crippen LogP contribution in [0.5, 0.6) is 5.88 Å². The van der Waals surface area contributed by atoms with Crippen molar-refractivity contribution in [3.63, 3.8) is 0 Å². The van der Waals surface area contributed by atoms with Gasteiger partial charge in [-0.2, -0.15) is 5.10 Å². The molecule has 6 aromatic carbocycles. The first-order valence-electron chi connectivity index (χ1n) is 45.7.